The average molecular weight is 369 g/mol. The predicted octanol–water partition coefficient (Wildman–Crippen LogP) is 1.79. The summed E-state index contributed by atoms with van der Waals surface area (Å²) in [7, 11) is 0. The molecule has 0 aliphatic carbocycles. The molecule has 0 saturated carbocycles. The van der Waals surface area contributed by atoms with Gasteiger partial charge in [-0.1, -0.05) is 0 Å². The van der Waals surface area contributed by atoms with Crippen molar-refractivity contribution in [3.63, 3.8) is 0 Å². The van der Waals surface area contributed by atoms with E-state index in [1.807, 2.05) is 0 Å². The Morgan fingerprint density at radius 3 is 2.67 bits per heavy atom. The minimum absolute atomic E-state index is 0.0889. The lowest BCUT2D eigenvalue weighted by atomic mass is 10.1. The maximum atomic E-state index is 13.3. The van der Waals surface area contributed by atoms with Crippen LogP contribution in [0.5, 0.6) is 5.75 Å². The summed E-state index contributed by atoms with van der Waals surface area (Å²) in [5.41, 5.74) is 7.39. The molecule has 0 spiro atoms. The number of piperidine rings is 1. The Balaban J connectivity index is 1.93. The van der Waals surface area contributed by atoms with Crippen LogP contribution in [0, 0.1) is 0 Å². The van der Waals surface area contributed by atoms with Crippen LogP contribution in [0.3, 0.4) is 0 Å². The zero-order valence-electron chi connectivity index (χ0n) is 14.4. The summed E-state index contributed by atoms with van der Waals surface area (Å²) in [6.07, 6.45) is 1.92. The van der Waals surface area contributed by atoms with E-state index in [0.717, 1.165) is 0 Å². The Hall–Kier alpha value is -3.49. The van der Waals surface area contributed by atoms with Crippen molar-refractivity contribution in [2.24, 2.45) is 0 Å². The molecular weight excluding hydrogens is 350 g/mol. The van der Waals surface area contributed by atoms with Crippen LogP contribution >= 0.6 is 0 Å². The van der Waals surface area contributed by atoms with Crippen LogP contribution in [0.25, 0.3) is 16.7 Å². The molecular formula is C18H19N5O4. The number of carbonyl (C=O) groups is 1. The molecule has 3 heterocycles. The van der Waals surface area contributed by atoms with Gasteiger partial charge in [-0.3, -0.25) is 9.13 Å². The first-order chi connectivity index (χ1) is 13.0. The summed E-state index contributed by atoms with van der Waals surface area (Å²) < 4.78 is 3.06. The number of aromatic hydroxyl groups is 1. The second kappa shape index (κ2) is 6.35. The fraction of sp³-hybridized carbons (Fsp3) is 0.278. The first-order valence-corrected chi connectivity index (χ1v) is 8.62. The number of anilines is 1. The number of nitrogens with zero attached hydrogens (tertiary/aromatic N) is 4. The fourth-order valence-electron chi connectivity index (χ4n) is 3.72. The molecule has 1 aliphatic heterocycles. The van der Waals surface area contributed by atoms with Crippen LogP contribution < -0.4 is 11.4 Å². The molecule has 2 aromatic heterocycles. The molecule has 1 aromatic carbocycles. The van der Waals surface area contributed by atoms with Gasteiger partial charge in [-0.15, -0.1) is 0 Å². The topological polar surface area (TPSA) is 127 Å². The smallest absolute Gasteiger partial charge is 0.407 e. The number of imidazole rings is 1. The molecule has 1 atom stereocenters. The van der Waals surface area contributed by atoms with Gasteiger partial charge >= 0.3 is 11.8 Å². The SMILES string of the molecule is Nc1nccc2c1n(-c1ccc(O)cc1)c(=O)n2[C@@H]1CCCN(C(=O)O)C1. The zero-order valence-corrected chi connectivity index (χ0v) is 14.4. The number of rotatable bonds is 2. The van der Waals surface area contributed by atoms with Gasteiger partial charge in [0.25, 0.3) is 0 Å². The quantitative estimate of drug-likeness (QED) is 0.632. The molecule has 0 radical (unpaired) electrons. The summed E-state index contributed by atoms with van der Waals surface area (Å²) in [4.78, 5) is 30.1. The summed E-state index contributed by atoms with van der Waals surface area (Å²) in [5, 5.41) is 18.9. The van der Waals surface area contributed by atoms with Crippen LogP contribution in [0.2, 0.25) is 0 Å². The molecule has 4 rings (SSSR count). The third-order valence-electron chi connectivity index (χ3n) is 4.95. The van der Waals surface area contributed by atoms with Crippen molar-refractivity contribution in [3.8, 4) is 11.4 Å². The Morgan fingerprint density at radius 1 is 1.22 bits per heavy atom. The van der Waals surface area contributed by atoms with Crippen LogP contribution in [0.15, 0.2) is 41.3 Å². The van der Waals surface area contributed by atoms with Crippen LogP contribution in [-0.4, -0.2) is 48.4 Å². The van der Waals surface area contributed by atoms with Gasteiger partial charge < -0.3 is 20.8 Å². The molecule has 0 bridgehead atoms. The maximum Gasteiger partial charge on any atom is 0.407 e. The highest BCUT2D eigenvalue weighted by molar-refractivity contribution is 5.87. The fourth-order valence-corrected chi connectivity index (χ4v) is 3.72. The summed E-state index contributed by atoms with van der Waals surface area (Å²) in [6, 6.07) is 7.65. The first-order valence-electron chi connectivity index (χ1n) is 8.62. The highest BCUT2D eigenvalue weighted by atomic mass is 16.4. The predicted molar refractivity (Wildman–Crippen MR) is 99.3 cm³/mol. The Bertz CT molecular complexity index is 1070. The number of benzene rings is 1. The lowest BCUT2D eigenvalue weighted by Crippen LogP contribution is -2.42. The first kappa shape index (κ1) is 17.0. The normalized spacial score (nSPS) is 17.3. The molecule has 0 unspecified atom stereocenters. The van der Waals surface area contributed by atoms with Gasteiger partial charge in [0.2, 0.25) is 0 Å². The number of carboxylic acid groups (broad SMARTS) is 1. The van der Waals surface area contributed by atoms with Crippen molar-refractivity contribution in [1.82, 2.24) is 19.0 Å². The number of hydrogen-bond acceptors (Lipinski definition) is 5. The van der Waals surface area contributed by atoms with E-state index < -0.39 is 6.09 Å². The molecule has 140 valence electrons. The second-order valence-electron chi connectivity index (χ2n) is 6.59. The number of phenols is 1. The average Bonchev–Trinajstić information content (AvgIpc) is 2.96. The zero-order chi connectivity index (χ0) is 19.1. The van der Waals surface area contributed by atoms with E-state index in [9.17, 15) is 19.8 Å². The highest BCUT2D eigenvalue weighted by Crippen LogP contribution is 2.28. The maximum absolute atomic E-state index is 13.3. The summed E-state index contributed by atoms with van der Waals surface area (Å²) in [6.45, 7) is 0.701. The minimum Gasteiger partial charge on any atom is -0.508 e. The van der Waals surface area contributed by atoms with Gasteiger partial charge in [-0.05, 0) is 43.2 Å². The van der Waals surface area contributed by atoms with Gasteiger partial charge in [0.1, 0.15) is 17.1 Å². The van der Waals surface area contributed by atoms with E-state index in [2.05, 4.69) is 4.98 Å². The van der Waals surface area contributed by atoms with Gasteiger partial charge in [-0.2, -0.15) is 0 Å². The molecule has 3 aromatic rings. The van der Waals surface area contributed by atoms with Crippen LogP contribution in [-0.2, 0) is 0 Å². The number of hydrogen-bond donors (Lipinski definition) is 3. The van der Waals surface area contributed by atoms with Gasteiger partial charge in [0, 0.05) is 19.3 Å². The number of nitrogens with two attached hydrogens (primary N) is 1. The van der Waals surface area contributed by atoms with E-state index in [-0.39, 0.29) is 29.8 Å². The summed E-state index contributed by atoms with van der Waals surface area (Å²) >= 11 is 0. The summed E-state index contributed by atoms with van der Waals surface area (Å²) in [5.74, 6) is 0.299. The Labute approximate surface area is 153 Å². The Morgan fingerprint density at radius 2 is 1.96 bits per heavy atom. The van der Waals surface area contributed by atoms with E-state index in [1.54, 1.807) is 22.8 Å². The lowest BCUT2D eigenvalue weighted by molar-refractivity contribution is 0.121. The molecule has 1 saturated heterocycles. The number of amides is 1. The number of nitrogen functional groups attached to an aromatic ring is 1. The minimum atomic E-state index is -0.990. The van der Waals surface area contributed by atoms with Crippen molar-refractivity contribution in [3.05, 3.63) is 47.0 Å². The van der Waals surface area contributed by atoms with Gasteiger partial charge in [-0.25, -0.2) is 14.6 Å². The van der Waals surface area contributed by atoms with Crippen LogP contribution in [0.4, 0.5) is 10.6 Å². The van der Waals surface area contributed by atoms with Crippen LogP contribution in [0.1, 0.15) is 18.9 Å². The molecule has 9 heteroatoms. The van der Waals surface area contributed by atoms with Gasteiger partial charge in [0.15, 0.2) is 0 Å². The molecule has 1 amide bonds. The van der Waals surface area contributed by atoms with Crippen molar-refractivity contribution in [2.45, 2.75) is 18.9 Å². The molecule has 1 fully saturated rings. The third-order valence-corrected chi connectivity index (χ3v) is 4.95. The van der Waals surface area contributed by atoms with E-state index in [4.69, 9.17) is 5.73 Å². The number of pyridine rings is 1. The largest absolute Gasteiger partial charge is 0.508 e. The Kier molecular flexibility index (Phi) is 3.98. The van der Waals surface area contributed by atoms with E-state index in [1.165, 1.54) is 27.8 Å². The molecule has 27 heavy (non-hydrogen) atoms. The molecule has 1 aliphatic rings. The third kappa shape index (κ3) is 2.77. The standard InChI is InChI=1S/C18H19N5O4/c19-16-15-14(7-8-20-16)22(12-2-1-9-21(10-12)18(26)27)17(25)23(15)11-3-5-13(24)6-4-11/h3-8,12,24H,1-2,9-10H2,(H2,19,20)(H,26,27)/t12-/m1/s1. The van der Waals surface area contributed by atoms with Crippen molar-refractivity contribution >= 4 is 22.9 Å². The lowest BCUT2D eigenvalue weighted by Gasteiger charge is -2.31. The van der Waals surface area contributed by atoms with E-state index >= 15 is 0 Å². The number of phenolic OH excluding ortho intramolecular Hbond substituents is 1. The number of fused-ring (bicyclic) bond motifs is 1. The van der Waals surface area contributed by atoms with Gasteiger partial charge in [0.05, 0.1) is 17.2 Å². The van der Waals surface area contributed by atoms with Crippen molar-refractivity contribution < 1.29 is 15.0 Å². The number of likely N-dealkylation sites (tertiary alicyclic amines) is 1. The number of aromatic nitrogens is 3. The monoisotopic (exact) mass is 369 g/mol. The molecule has 9 nitrogen and oxygen atoms in total. The molecule has 4 N–H and O–H groups in total. The van der Waals surface area contributed by atoms with E-state index in [0.29, 0.717) is 36.1 Å². The second-order valence-corrected chi connectivity index (χ2v) is 6.59. The van der Waals surface area contributed by atoms with Crippen molar-refractivity contribution in [2.75, 3.05) is 18.8 Å². The highest BCUT2D eigenvalue weighted by Gasteiger charge is 2.29. The van der Waals surface area contributed by atoms with Crippen molar-refractivity contribution in [1.29, 1.82) is 0 Å².